The number of carbonyl (C=O) groups excluding carboxylic acids is 1. The van der Waals surface area contributed by atoms with E-state index in [1.165, 1.54) is 0 Å². The summed E-state index contributed by atoms with van der Waals surface area (Å²) in [6, 6.07) is 26.7. The highest BCUT2D eigenvalue weighted by Crippen LogP contribution is 2.21. The number of ether oxygens (including phenoxy) is 1. The Balaban J connectivity index is 1.58. The Morgan fingerprint density at radius 2 is 1.50 bits per heavy atom. The average molecular weight is 376 g/mol. The zero-order valence-electron chi connectivity index (χ0n) is 15.6. The Labute approximate surface area is 165 Å². The smallest absolute Gasteiger partial charge is 0.318 e. The van der Waals surface area contributed by atoms with Crippen molar-refractivity contribution in [2.75, 3.05) is 13.2 Å². The van der Waals surface area contributed by atoms with Crippen LogP contribution in [0.15, 0.2) is 84.9 Å². The molecule has 0 saturated carbocycles. The molecule has 0 unspecified atom stereocenters. The first-order valence-electron chi connectivity index (χ1n) is 9.24. The van der Waals surface area contributed by atoms with E-state index >= 15 is 0 Å². The summed E-state index contributed by atoms with van der Waals surface area (Å²) in [7, 11) is 0. The molecule has 0 aliphatic rings. The van der Waals surface area contributed by atoms with Crippen LogP contribution in [-0.4, -0.2) is 29.2 Å². The lowest BCUT2D eigenvalue weighted by atomic mass is 10.2. The van der Waals surface area contributed by atoms with Gasteiger partial charge in [0.15, 0.2) is 0 Å². The Morgan fingerprint density at radius 1 is 0.857 bits per heavy atom. The molecule has 3 aromatic carbocycles. The van der Waals surface area contributed by atoms with Crippen molar-refractivity contribution in [1.82, 2.24) is 10.2 Å². The van der Waals surface area contributed by atoms with Gasteiger partial charge in [-0.1, -0.05) is 60.7 Å². The zero-order chi connectivity index (χ0) is 19.6. The predicted octanol–water partition coefficient (Wildman–Crippen LogP) is 4.18. The highest BCUT2D eigenvalue weighted by atomic mass is 16.5. The minimum atomic E-state index is -0.215. The minimum Gasteiger partial charge on any atom is -0.457 e. The second kappa shape index (κ2) is 10.1. The summed E-state index contributed by atoms with van der Waals surface area (Å²) in [5, 5.41) is 12.2. The van der Waals surface area contributed by atoms with Crippen molar-refractivity contribution in [2.24, 2.45) is 0 Å². The summed E-state index contributed by atoms with van der Waals surface area (Å²) in [6.07, 6.45) is 0. The number of hydrogen-bond donors (Lipinski definition) is 2. The van der Waals surface area contributed by atoms with E-state index in [4.69, 9.17) is 4.74 Å². The van der Waals surface area contributed by atoms with Crippen molar-refractivity contribution in [3.8, 4) is 11.5 Å². The lowest BCUT2D eigenvalue weighted by Crippen LogP contribution is -2.40. The molecule has 5 heteroatoms. The lowest BCUT2D eigenvalue weighted by Gasteiger charge is -2.22. The van der Waals surface area contributed by atoms with Gasteiger partial charge in [0, 0.05) is 19.6 Å². The number of benzene rings is 3. The zero-order valence-corrected chi connectivity index (χ0v) is 15.6. The summed E-state index contributed by atoms with van der Waals surface area (Å²) in [5.41, 5.74) is 1.95. The van der Waals surface area contributed by atoms with Gasteiger partial charge in [0.2, 0.25) is 0 Å². The molecule has 28 heavy (non-hydrogen) atoms. The van der Waals surface area contributed by atoms with Crippen molar-refractivity contribution < 1.29 is 14.6 Å². The van der Waals surface area contributed by atoms with Crippen LogP contribution in [-0.2, 0) is 13.1 Å². The molecule has 0 radical (unpaired) electrons. The molecule has 0 heterocycles. The van der Waals surface area contributed by atoms with Crippen LogP contribution >= 0.6 is 0 Å². The largest absolute Gasteiger partial charge is 0.457 e. The normalized spacial score (nSPS) is 10.3. The molecule has 3 rings (SSSR count). The Morgan fingerprint density at radius 3 is 2.21 bits per heavy atom. The average Bonchev–Trinajstić information content (AvgIpc) is 2.73. The van der Waals surface area contributed by atoms with Gasteiger partial charge in [0.1, 0.15) is 11.5 Å². The molecule has 0 saturated heterocycles. The van der Waals surface area contributed by atoms with Gasteiger partial charge in [-0.15, -0.1) is 0 Å². The van der Waals surface area contributed by atoms with Crippen LogP contribution in [0.25, 0.3) is 0 Å². The molecular weight excluding hydrogens is 352 g/mol. The van der Waals surface area contributed by atoms with E-state index in [2.05, 4.69) is 5.32 Å². The van der Waals surface area contributed by atoms with Gasteiger partial charge in [-0.2, -0.15) is 0 Å². The van der Waals surface area contributed by atoms with Gasteiger partial charge in [-0.3, -0.25) is 0 Å². The van der Waals surface area contributed by atoms with Crippen LogP contribution in [0.5, 0.6) is 11.5 Å². The third-order valence-electron chi connectivity index (χ3n) is 4.19. The van der Waals surface area contributed by atoms with Gasteiger partial charge >= 0.3 is 6.03 Å². The summed E-state index contributed by atoms with van der Waals surface area (Å²) >= 11 is 0. The molecule has 144 valence electrons. The van der Waals surface area contributed by atoms with Gasteiger partial charge < -0.3 is 20.1 Å². The molecule has 0 aromatic heterocycles. The van der Waals surface area contributed by atoms with Gasteiger partial charge in [-0.05, 0) is 35.4 Å². The van der Waals surface area contributed by atoms with Crippen LogP contribution in [0.3, 0.4) is 0 Å². The monoisotopic (exact) mass is 376 g/mol. The van der Waals surface area contributed by atoms with E-state index in [0.29, 0.717) is 13.1 Å². The highest BCUT2D eigenvalue weighted by molar-refractivity contribution is 5.74. The minimum absolute atomic E-state index is 0.0827. The molecule has 0 spiro atoms. The second-order valence-electron chi connectivity index (χ2n) is 6.35. The first-order valence-corrected chi connectivity index (χ1v) is 9.24. The number of amides is 2. The predicted molar refractivity (Wildman–Crippen MR) is 109 cm³/mol. The molecule has 0 aliphatic heterocycles. The van der Waals surface area contributed by atoms with Crippen LogP contribution in [0.2, 0.25) is 0 Å². The number of rotatable bonds is 8. The number of nitrogens with one attached hydrogen (secondary N) is 1. The molecule has 2 N–H and O–H groups in total. The van der Waals surface area contributed by atoms with Crippen LogP contribution in [0.4, 0.5) is 4.79 Å². The molecule has 0 fully saturated rings. The number of aliphatic hydroxyl groups is 1. The number of hydrogen-bond acceptors (Lipinski definition) is 3. The molecule has 2 amide bonds. The Hall–Kier alpha value is -3.31. The van der Waals surface area contributed by atoms with Gasteiger partial charge in [0.25, 0.3) is 0 Å². The number of para-hydroxylation sites is 1. The van der Waals surface area contributed by atoms with E-state index in [0.717, 1.165) is 22.6 Å². The summed E-state index contributed by atoms with van der Waals surface area (Å²) in [4.78, 5) is 14.2. The van der Waals surface area contributed by atoms with E-state index < -0.39 is 0 Å². The lowest BCUT2D eigenvalue weighted by molar-refractivity contribution is 0.173. The van der Waals surface area contributed by atoms with Crippen LogP contribution in [0.1, 0.15) is 11.1 Å². The highest BCUT2D eigenvalue weighted by Gasteiger charge is 2.13. The Kier molecular flexibility index (Phi) is 7.04. The SMILES string of the molecule is O=C(NCc1cccc(Oc2ccccc2)c1)N(CCO)Cc1ccccc1. The summed E-state index contributed by atoms with van der Waals surface area (Å²) < 4.78 is 5.83. The Bertz CT molecular complexity index is 869. The molecule has 5 nitrogen and oxygen atoms in total. The maximum absolute atomic E-state index is 12.6. The van der Waals surface area contributed by atoms with Crippen molar-refractivity contribution >= 4 is 6.03 Å². The fraction of sp³-hybridized carbons (Fsp3) is 0.174. The second-order valence-corrected chi connectivity index (χ2v) is 6.35. The summed E-state index contributed by atoms with van der Waals surface area (Å²) in [5.74, 6) is 1.48. The van der Waals surface area contributed by atoms with Gasteiger partial charge in [0.05, 0.1) is 6.61 Å². The topological polar surface area (TPSA) is 61.8 Å². The first-order chi connectivity index (χ1) is 13.7. The van der Waals surface area contributed by atoms with Crippen molar-refractivity contribution in [2.45, 2.75) is 13.1 Å². The molecule has 0 aliphatic carbocycles. The fourth-order valence-electron chi connectivity index (χ4n) is 2.81. The molecule has 0 bridgehead atoms. The van der Waals surface area contributed by atoms with Crippen LogP contribution in [0, 0.1) is 0 Å². The third-order valence-corrected chi connectivity index (χ3v) is 4.19. The van der Waals surface area contributed by atoms with E-state index in [9.17, 15) is 9.90 Å². The third kappa shape index (κ3) is 5.86. The number of nitrogens with zero attached hydrogens (tertiary/aromatic N) is 1. The summed E-state index contributed by atoms with van der Waals surface area (Å²) in [6.45, 7) is 1.02. The van der Waals surface area contributed by atoms with Crippen molar-refractivity contribution in [1.29, 1.82) is 0 Å². The molecular formula is C23H24N2O3. The van der Waals surface area contributed by atoms with E-state index in [1.807, 2.05) is 84.9 Å². The first kappa shape index (κ1) is 19.5. The van der Waals surface area contributed by atoms with Crippen LogP contribution < -0.4 is 10.1 Å². The van der Waals surface area contributed by atoms with Gasteiger partial charge in [-0.25, -0.2) is 4.79 Å². The maximum atomic E-state index is 12.6. The molecule has 0 atom stereocenters. The molecule has 3 aromatic rings. The standard InChI is InChI=1S/C23H24N2O3/c26-15-14-25(18-19-8-3-1-4-9-19)23(27)24-17-20-10-7-13-22(16-20)28-21-11-5-2-6-12-21/h1-13,16,26H,14-15,17-18H2,(H,24,27). The number of aliphatic hydroxyl groups excluding tert-OH is 1. The maximum Gasteiger partial charge on any atom is 0.318 e. The van der Waals surface area contributed by atoms with Crippen molar-refractivity contribution in [3.63, 3.8) is 0 Å². The quantitative estimate of drug-likeness (QED) is 0.620. The fourth-order valence-corrected chi connectivity index (χ4v) is 2.81. The van der Waals surface area contributed by atoms with Crippen molar-refractivity contribution in [3.05, 3.63) is 96.1 Å². The van der Waals surface area contributed by atoms with E-state index in [1.54, 1.807) is 4.90 Å². The number of carbonyl (C=O) groups is 1. The number of urea groups is 1. The van der Waals surface area contributed by atoms with E-state index in [-0.39, 0.29) is 19.2 Å².